The van der Waals surface area contributed by atoms with Crippen LogP contribution in [-0.2, 0) is 13.1 Å². The van der Waals surface area contributed by atoms with Crippen LogP contribution in [0.5, 0.6) is 0 Å². The first-order chi connectivity index (χ1) is 13.6. The van der Waals surface area contributed by atoms with Crippen molar-refractivity contribution in [3.05, 3.63) is 53.9 Å². The fraction of sp³-hybridized carbons (Fsp3) is 0.524. The average Bonchev–Trinajstić information content (AvgIpc) is 3.14. The Morgan fingerprint density at radius 2 is 1.96 bits per heavy atom. The minimum absolute atomic E-state index is 0.0920. The van der Waals surface area contributed by atoms with E-state index < -0.39 is 6.43 Å². The second-order valence-electron chi connectivity index (χ2n) is 7.32. The van der Waals surface area contributed by atoms with Crippen LogP contribution in [0.2, 0.25) is 0 Å². The van der Waals surface area contributed by atoms with Crippen molar-refractivity contribution in [2.45, 2.75) is 51.7 Å². The molecule has 2 heterocycles. The lowest BCUT2D eigenvalue weighted by Crippen LogP contribution is -2.46. The van der Waals surface area contributed by atoms with Crippen molar-refractivity contribution in [1.82, 2.24) is 19.6 Å². The Bertz CT molecular complexity index is 742. The van der Waals surface area contributed by atoms with E-state index in [0.29, 0.717) is 12.6 Å². The molecule has 3 rings (SSSR count). The van der Waals surface area contributed by atoms with Gasteiger partial charge in [0.15, 0.2) is 0 Å². The molecule has 1 fully saturated rings. The zero-order valence-electron chi connectivity index (χ0n) is 16.3. The van der Waals surface area contributed by atoms with Crippen LogP contribution in [0, 0.1) is 0 Å². The zero-order valence-corrected chi connectivity index (χ0v) is 16.3. The summed E-state index contributed by atoms with van der Waals surface area (Å²) in [5.74, 6) is 0.0920. The van der Waals surface area contributed by atoms with Gasteiger partial charge in [-0.1, -0.05) is 25.1 Å². The highest BCUT2D eigenvalue weighted by atomic mass is 19.3. The quantitative estimate of drug-likeness (QED) is 0.691. The van der Waals surface area contributed by atoms with Gasteiger partial charge in [0.1, 0.15) is 6.54 Å². The molecule has 0 atom stereocenters. The number of nitrogens with zero attached hydrogens (tertiary/aromatic N) is 4. The molecule has 1 aromatic heterocycles. The van der Waals surface area contributed by atoms with E-state index >= 15 is 0 Å². The van der Waals surface area contributed by atoms with Gasteiger partial charge in [-0.05, 0) is 37.9 Å². The van der Waals surface area contributed by atoms with Gasteiger partial charge in [-0.2, -0.15) is 5.10 Å². The molecule has 0 N–H and O–H groups in total. The Kier molecular flexibility index (Phi) is 7.14. The largest absolute Gasteiger partial charge is 0.339 e. The lowest BCUT2D eigenvalue weighted by molar-refractivity contribution is 0.0607. The summed E-state index contributed by atoms with van der Waals surface area (Å²) in [6.07, 6.45) is 3.86. The van der Waals surface area contributed by atoms with Gasteiger partial charge in [0.05, 0.1) is 6.20 Å². The summed E-state index contributed by atoms with van der Waals surface area (Å²) < 4.78 is 26.4. The highest BCUT2D eigenvalue weighted by Crippen LogP contribution is 2.21. The molecule has 1 aliphatic rings. The highest BCUT2D eigenvalue weighted by molar-refractivity contribution is 5.94. The third-order valence-electron chi connectivity index (χ3n) is 5.20. The Balaban J connectivity index is 1.57. The van der Waals surface area contributed by atoms with Gasteiger partial charge < -0.3 is 4.90 Å². The van der Waals surface area contributed by atoms with Gasteiger partial charge in [0, 0.05) is 43.0 Å². The van der Waals surface area contributed by atoms with E-state index in [9.17, 15) is 13.6 Å². The summed E-state index contributed by atoms with van der Waals surface area (Å²) in [5, 5.41) is 4.04. The second kappa shape index (κ2) is 9.78. The summed E-state index contributed by atoms with van der Waals surface area (Å²) in [4.78, 5) is 16.9. The molecule has 0 unspecified atom stereocenters. The van der Waals surface area contributed by atoms with E-state index in [1.165, 1.54) is 4.68 Å². The van der Waals surface area contributed by atoms with Crippen molar-refractivity contribution < 1.29 is 13.6 Å². The lowest BCUT2D eigenvalue weighted by Gasteiger charge is -2.38. The minimum atomic E-state index is -2.40. The Morgan fingerprint density at radius 3 is 2.61 bits per heavy atom. The number of hydrogen-bond donors (Lipinski definition) is 0. The molecule has 7 heteroatoms. The fourth-order valence-corrected chi connectivity index (χ4v) is 3.84. The predicted octanol–water partition coefficient (Wildman–Crippen LogP) is 3.67. The molecule has 1 aliphatic heterocycles. The number of hydrogen-bond acceptors (Lipinski definition) is 3. The number of alkyl halides is 2. The smallest absolute Gasteiger partial charge is 0.257 e. The summed E-state index contributed by atoms with van der Waals surface area (Å²) in [6.45, 7) is 4.90. The topological polar surface area (TPSA) is 41.4 Å². The molecule has 2 aromatic rings. The molecule has 1 amide bonds. The van der Waals surface area contributed by atoms with Crippen LogP contribution < -0.4 is 0 Å². The van der Waals surface area contributed by atoms with E-state index in [1.54, 1.807) is 12.4 Å². The third kappa shape index (κ3) is 5.38. The molecule has 1 aromatic carbocycles. The number of piperidine rings is 1. The lowest BCUT2D eigenvalue weighted by atomic mass is 10.0. The monoisotopic (exact) mass is 390 g/mol. The van der Waals surface area contributed by atoms with Crippen molar-refractivity contribution >= 4 is 5.91 Å². The maximum absolute atomic E-state index is 12.6. The molecule has 28 heavy (non-hydrogen) atoms. The van der Waals surface area contributed by atoms with Crippen LogP contribution in [0.1, 0.15) is 42.1 Å². The molecular weight excluding hydrogens is 362 g/mol. The Hall–Kier alpha value is -2.28. The van der Waals surface area contributed by atoms with Crippen LogP contribution in [0.4, 0.5) is 8.78 Å². The standard InChI is InChI=1S/C21H28F2N4O/c1-2-10-26(14-17-13-24-27(15-17)16-20(22)23)19-8-11-25(12-9-19)21(28)18-6-4-3-5-7-18/h3-7,13,15,19-20H,2,8-12,14,16H2,1H3. The highest BCUT2D eigenvalue weighted by Gasteiger charge is 2.27. The number of carbonyl (C=O) groups is 1. The number of rotatable bonds is 8. The summed E-state index contributed by atoms with van der Waals surface area (Å²) in [7, 11) is 0. The predicted molar refractivity (Wildman–Crippen MR) is 104 cm³/mol. The van der Waals surface area contributed by atoms with E-state index in [2.05, 4.69) is 16.9 Å². The van der Waals surface area contributed by atoms with Gasteiger partial charge in [-0.3, -0.25) is 14.4 Å². The molecule has 0 spiro atoms. The Morgan fingerprint density at radius 1 is 1.25 bits per heavy atom. The van der Waals surface area contributed by atoms with E-state index in [4.69, 9.17) is 0 Å². The van der Waals surface area contributed by atoms with E-state index in [-0.39, 0.29) is 12.5 Å². The van der Waals surface area contributed by atoms with Crippen LogP contribution in [0.25, 0.3) is 0 Å². The Labute approximate surface area is 164 Å². The molecule has 0 aliphatic carbocycles. The van der Waals surface area contributed by atoms with Crippen molar-refractivity contribution in [1.29, 1.82) is 0 Å². The fourth-order valence-electron chi connectivity index (χ4n) is 3.84. The maximum atomic E-state index is 12.6. The number of amides is 1. The van der Waals surface area contributed by atoms with Gasteiger partial charge in [-0.25, -0.2) is 8.78 Å². The number of aromatic nitrogens is 2. The van der Waals surface area contributed by atoms with Crippen LogP contribution >= 0.6 is 0 Å². The first kappa shape index (κ1) is 20.5. The molecule has 5 nitrogen and oxygen atoms in total. The minimum Gasteiger partial charge on any atom is -0.339 e. The molecule has 1 saturated heterocycles. The van der Waals surface area contributed by atoms with Crippen LogP contribution in [0.15, 0.2) is 42.7 Å². The summed E-state index contributed by atoms with van der Waals surface area (Å²) >= 11 is 0. The summed E-state index contributed by atoms with van der Waals surface area (Å²) in [6, 6.07) is 9.78. The molecule has 0 bridgehead atoms. The van der Waals surface area contributed by atoms with E-state index in [0.717, 1.165) is 50.0 Å². The van der Waals surface area contributed by atoms with Gasteiger partial charge in [0.2, 0.25) is 0 Å². The number of benzene rings is 1. The molecule has 0 radical (unpaired) electrons. The van der Waals surface area contributed by atoms with Crippen molar-refractivity contribution in [3.8, 4) is 0 Å². The van der Waals surface area contributed by atoms with Gasteiger partial charge in [0.25, 0.3) is 12.3 Å². The number of carbonyl (C=O) groups excluding carboxylic acids is 1. The zero-order chi connectivity index (χ0) is 19.9. The third-order valence-corrected chi connectivity index (χ3v) is 5.20. The van der Waals surface area contributed by atoms with Crippen molar-refractivity contribution in [2.75, 3.05) is 19.6 Å². The number of halogens is 2. The summed E-state index contributed by atoms with van der Waals surface area (Å²) in [5.41, 5.74) is 1.69. The van der Waals surface area contributed by atoms with Crippen molar-refractivity contribution in [3.63, 3.8) is 0 Å². The first-order valence-corrected chi connectivity index (χ1v) is 9.94. The normalized spacial score (nSPS) is 15.5. The van der Waals surface area contributed by atoms with E-state index in [1.807, 2.05) is 35.2 Å². The SMILES string of the molecule is CCCN(Cc1cnn(CC(F)F)c1)C1CCN(C(=O)c2ccccc2)CC1. The van der Waals surface area contributed by atoms with Crippen LogP contribution in [-0.4, -0.2) is 57.6 Å². The van der Waals surface area contributed by atoms with Crippen LogP contribution in [0.3, 0.4) is 0 Å². The molecular formula is C21H28F2N4O. The second-order valence-corrected chi connectivity index (χ2v) is 7.32. The van der Waals surface area contributed by atoms with Crippen molar-refractivity contribution in [2.24, 2.45) is 0 Å². The average molecular weight is 390 g/mol. The maximum Gasteiger partial charge on any atom is 0.257 e. The first-order valence-electron chi connectivity index (χ1n) is 9.94. The number of likely N-dealkylation sites (tertiary alicyclic amines) is 1. The van der Waals surface area contributed by atoms with Gasteiger partial charge >= 0.3 is 0 Å². The molecule has 0 saturated carbocycles. The molecule has 152 valence electrons. The van der Waals surface area contributed by atoms with Gasteiger partial charge in [-0.15, -0.1) is 0 Å².